The van der Waals surface area contributed by atoms with Crippen LogP contribution in [0.3, 0.4) is 0 Å². The lowest BCUT2D eigenvalue weighted by Gasteiger charge is -2.22. The molecule has 0 unspecified atom stereocenters. The molecule has 3 rings (SSSR count). The monoisotopic (exact) mass is 484 g/mol. The molecule has 3 aromatic rings. The normalized spacial score (nSPS) is 10.6. The third kappa shape index (κ3) is 5.50. The summed E-state index contributed by atoms with van der Waals surface area (Å²) in [5, 5.41) is 16.1. The number of para-hydroxylation sites is 1. The second-order valence-electron chi connectivity index (χ2n) is 7.52. The first-order valence-corrected chi connectivity index (χ1v) is 10.8. The van der Waals surface area contributed by atoms with Crippen molar-refractivity contribution in [3.8, 4) is 6.07 Å². The summed E-state index contributed by atoms with van der Waals surface area (Å²) in [5.74, 6) is -2.33. The minimum absolute atomic E-state index is 0.0588. The lowest BCUT2D eigenvalue weighted by Crippen LogP contribution is -2.42. The molecule has 0 aliphatic carbocycles. The summed E-state index contributed by atoms with van der Waals surface area (Å²) in [5.41, 5.74) is 6.25. The average Bonchev–Trinajstić information content (AvgIpc) is 3.18. The molecule has 0 bridgehead atoms. The van der Waals surface area contributed by atoms with Gasteiger partial charge in [0, 0.05) is 24.0 Å². The van der Waals surface area contributed by atoms with Gasteiger partial charge in [0.25, 0.3) is 5.91 Å². The number of rotatable bonds is 9. The van der Waals surface area contributed by atoms with Crippen molar-refractivity contribution >= 4 is 40.2 Å². The number of nitrogens with two attached hydrogens (primary N) is 1. The molecule has 0 radical (unpaired) electrons. The first kappa shape index (κ1) is 24.7. The third-order valence-electron chi connectivity index (χ3n) is 5.07. The molecule has 0 saturated carbocycles. The van der Waals surface area contributed by atoms with Gasteiger partial charge in [0.2, 0.25) is 11.8 Å². The zero-order chi connectivity index (χ0) is 24.8. The van der Waals surface area contributed by atoms with E-state index in [4.69, 9.17) is 22.6 Å². The van der Waals surface area contributed by atoms with Crippen molar-refractivity contribution in [2.24, 2.45) is 5.73 Å². The Balaban J connectivity index is 1.71. The first-order chi connectivity index (χ1) is 16.2. The summed E-state index contributed by atoms with van der Waals surface area (Å²) < 4.78 is 15.6. The van der Waals surface area contributed by atoms with Crippen LogP contribution in [0.1, 0.15) is 35.0 Å². The van der Waals surface area contributed by atoms with Gasteiger partial charge in [-0.25, -0.2) is 4.39 Å². The smallest absolute Gasteiger partial charge is 0.269 e. The SMILES string of the molecule is CCCN(CC(=O)NCc1cc(C#N)cc(Cl)c1F)C(=O)Cn1nc(C(N)=O)c2ccccc21. The van der Waals surface area contributed by atoms with E-state index in [-0.39, 0.29) is 47.4 Å². The van der Waals surface area contributed by atoms with Crippen molar-refractivity contribution < 1.29 is 18.8 Å². The standard InChI is InChI=1S/C23H22ClFN6O3/c1-2-7-30(12-19(32)28-11-15-8-14(10-26)9-17(24)21(15)25)20(33)13-31-18-6-4-3-5-16(18)22(29-31)23(27)34/h3-6,8-9H,2,7,11-13H2,1H3,(H2,27,34)(H,28,32). The van der Waals surface area contributed by atoms with E-state index in [1.54, 1.807) is 24.3 Å². The van der Waals surface area contributed by atoms with Crippen LogP contribution in [0.2, 0.25) is 5.02 Å². The Morgan fingerprint density at radius 3 is 2.71 bits per heavy atom. The van der Waals surface area contributed by atoms with Gasteiger partial charge in [-0.05, 0) is 24.6 Å². The summed E-state index contributed by atoms with van der Waals surface area (Å²) in [6, 6.07) is 11.3. The number of hydrogen-bond acceptors (Lipinski definition) is 5. The number of nitriles is 1. The molecule has 3 N–H and O–H groups in total. The fourth-order valence-corrected chi connectivity index (χ4v) is 3.72. The van der Waals surface area contributed by atoms with Crippen LogP contribution in [0.5, 0.6) is 0 Å². The number of amides is 3. The minimum atomic E-state index is -0.724. The summed E-state index contributed by atoms with van der Waals surface area (Å²) in [4.78, 5) is 38.5. The second kappa shape index (κ2) is 10.8. The van der Waals surface area contributed by atoms with Crippen LogP contribution >= 0.6 is 11.6 Å². The quantitative estimate of drug-likeness (QED) is 0.480. The number of nitrogens with zero attached hydrogens (tertiary/aromatic N) is 4. The summed E-state index contributed by atoms with van der Waals surface area (Å²) in [6.07, 6.45) is 0.597. The molecular formula is C23H22ClFN6O3. The van der Waals surface area contributed by atoms with Gasteiger partial charge in [-0.15, -0.1) is 0 Å². The van der Waals surface area contributed by atoms with Gasteiger partial charge in [0.05, 0.1) is 28.7 Å². The third-order valence-corrected chi connectivity index (χ3v) is 5.34. The second-order valence-corrected chi connectivity index (χ2v) is 7.93. The fraction of sp³-hybridized carbons (Fsp3) is 0.261. The van der Waals surface area contributed by atoms with Gasteiger partial charge in [0.15, 0.2) is 5.69 Å². The Morgan fingerprint density at radius 1 is 1.29 bits per heavy atom. The van der Waals surface area contributed by atoms with Crippen LogP contribution in [0.25, 0.3) is 10.9 Å². The van der Waals surface area contributed by atoms with Crippen molar-refractivity contribution in [2.75, 3.05) is 13.1 Å². The van der Waals surface area contributed by atoms with Crippen LogP contribution in [0, 0.1) is 17.1 Å². The van der Waals surface area contributed by atoms with Gasteiger partial charge < -0.3 is 16.0 Å². The van der Waals surface area contributed by atoms with Gasteiger partial charge in [-0.1, -0.05) is 36.7 Å². The number of aromatic nitrogens is 2. The molecule has 176 valence electrons. The molecule has 1 aromatic heterocycles. The van der Waals surface area contributed by atoms with Crippen molar-refractivity contribution in [2.45, 2.75) is 26.4 Å². The van der Waals surface area contributed by atoms with Crippen molar-refractivity contribution in [1.82, 2.24) is 20.0 Å². The Kier molecular flexibility index (Phi) is 7.81. The number of fused-ring (bicyclic) bond motifs is 1. The van der Waals surface area contributed by atoms with Crippen molar-refractivity contribution in [3.63, 3.8) is 0 Å². The van der Waals surface area contributed by atoms with E-state index >= 15 is 0 Å². The van der Waals surface area contributed by atoms with Crippen LogP contribution in [-0.4, -0.2) is 45.5 Å². The zero-order valence-corrected chi connectivity index (χ0v) is 19.1. The number of primary amides is 1. The van der Waals surface area contributed by atoms with Crippen LogP contribution in [0.4, 0.5) is 4.39 Å². The van der Waals surface area contributed by atoms with E-state index < -0.39 is 17.6 Å². The predicted octanol–water partition coefficient (Wildman–Crippen LogP) is 2.35. The van der Waals surface area contributed by atoms with Gasteiger partial charge in [0.1, 0.15) is 12.4 Å². The summed E-state index contributed by atoms with van der Waals surface area (Å²) in [6.45, 7) is 1.51. The first-order valence-electron chi connectivity index (χ1n) is 10.4. The zero-order valence-electron chi connectivity index (χ0n) is 18.3. The highest BCUT2D eigenvalue weighted by molar-refractivity contribution is 6.30. The van der Waals surface area contributed by atoms with E-state index in [0.717, 1.165) is 0 Å². The Labute approximate surface area is 199 Å². The van der Waals surface area contributed by atoms with E-state index in [1.807, 2.05) is 13.0 Å². The maximum atomic E-state index is 14.2. The van der Waals surface area contributed by atoms with E-state index in [1.165, 1.54) is 21.7 Å². The van der Waals surface area contributed by atoms with Crippen LogP contribution < -0.4 is 11.1 Å². The topological polar surface area (TPSA) is 134 Å². The number of halogens is 2. The fourth-order valence-electron chi connectivity index (χ4n) is 3.48. The molecule has 0 fully saturated rings. The van der Waals surface area contributed by atoms with Crippen molar-refractivity contribution in [3.05, 3.63) is 64.1 Å². The maximum absolute atomic E-state index is 14.2. The molecular weight excluding hydrogens is 463 g/mol. The van der Waals surface area contributed by atoms with E-state index in [0.29, 0.717) is 23.9 Å². The number of nitrogens with one attached hydrogen (secondary N) is 1. The van der Waals surface area contributed by atoms with Gasteiger partial charge in [-0.3, -0.25) is 19.1 Å². The van der Waals surface area contributed by atoms with Crippen molar-refractivity contribution in [1.29, 1.82) is 5.26 Å². The molecule has 2 aromatic carbocycles. The molecule has 3 amide bonds. The highest BCUT2D eigenvalue weighted by Gasteiger charge is 2.21. The summed E-state index contributed by atoms with van der Waals surface area (Å²) >= 11 is 5.79. The number of benzene rings is 2. The Bertz CT molecular complexity index is 1300. The van der Waals surface area contributed by atoms with Gasteiger partial charge in [-0.2, -0.15) is 10.4 Å². The summed E-state index contributed by atoms with van der Waals surface area (Å²) in [7, 11) is 0. The lowest BCUT2D eigenvalue weighted by molar-refractivity contribution is -0.136. The molecule has 0 saturated heterocycles. The molecule has 0 aliphatic rings. The maximum Gasteiger partial charge on any atom is 0.269 e. The molecule has 0 atom stereocenters. The van der Waals surface area contributed by atoms with E-state index in [2.05, 4.69) is 10.4 Å². The molecule has 0 aliphatic heterocycles. The highest BCUT2D eigenvalue weighted by atomic mass is 35.5. The van der Waals surface area contributed by atoms with Crippen LogP contribution in [-0.2, 0) is 22.7 Å². The van der Waals surface area contributed by atoms with Gasteiger partial charge >= 0.3 is 0 Å². The van der Waals surface area contributed by atoms with E-state index in [9.17, 15) is 18.8 Å². The van der Waals surface area contributed by atoms with Crippen LogP contribution in [0.15, 0.2) is 36.4 Å². The predicted molar refractivity (Wildman–Crippen MR) is 123 cm³/mol. The minimum Gasteiger partial charge on any atom is -0.364 e. The highest BCUT2D eigenvalue weighted by Crippen LogP contribution is 2.21. The largest absolute Gasteiger partial charge is 0.364 e. The lowest BCUT2D eigenvalue weighted by atomic mass is 10.1. The Hall–Kier alpha value is -3.97. The molecule has 0 spiro atoms. The molecule has 34 heavy (non-hydrogen) atoms. The Morgan fingerprint density at radius 2 is 2.03 bits per heavy atom. The molecule has 11 heteroatoms. The molecule has 9 nitrogen and oxygen atoms in total. The number of carbonyl (C=O) groups is 3. The molecule has 1 heterocycles. The number of hydrogen-bond donors (Lipinski definition) is 2. The average molecular weight is 485 g/mol. The number of carbonyl (C=O) groups excluding carboxylic acids is 3.